The number of carbonyl (C=O) groups excluding carboxylic acids is 3. The second-order valence-corrected chi connectivity index (χ2v) is 12.6. The Morgan fingerprint density at radius 2 is 1.84 bits per heavy atom. The number of H-pyrrole nitrogens is 1. The zero-order valence-corrected chi connectivity index (χ0v) is 24.0. The number of Topliss-reactive ketones (excluding diaryl/α,β-unsaturated/α-hetero) is 1. The normalized spacial score (nSPS) is 14.0. The predicted molar refractivity (Wildman–Crippen MR) is 148 cm³/mol. The van der Waals surface area contributed by atoms with E-state index in [1.165, 1.54) is 34.7 Å². The molecule has 0 aromatic carbocycles. The fourth-order valence-electron chi connectivity index (χ4n) is 3.23. The van der Waals surface area contributed by atoms with E-state index >= 15 is 0 Å². The summed E-state index contributed by atoms with van der Waals surface area (Å²) in [5.41, 5.74) is -1.97. The fourth-order valence-corrected chi connectivity index (χ4v) is 5.03. The molecule has 204 valence electrons. The maximum absolute atomic E-state index is 12.9. The summed E-state index contributed by atoms with van der Waals surface area (Å²) in [5.74, 6) is -0.795. The molecule has 13 heteroatoms. The average molecular weight is 561 g/mol. The Balaban J connectivity index is 1.75. The number of nitrogens with one attached hydrogen (secondary N) is 3. The Bertz CT molecular complexity index is 1470. The number of thiazole rings is 1. The van der Waals surface area contributed by atoms with Crippen molar-refractivity contribution in [2.45, 2.75) is 65.6 Å². The van der Waals surface area contributed by atoms with Gasteiger partial charge in [-0.3, -0.25) is 14.4 Å². The smallest absolute Gasteiger partial charge is 0.408 e. The van der Waals surface area contributed by atoms with E-state index in [1.807, 2.05) is 13.8 Å². The first kappa shape index (κ1) is 29.0. The molecule has 0 spiro atoms. The minimum atomic E-state index is -0.964. The number of amides is 2. The average Bonchev–Trinajstić information content (AvgIpc) is 3.53. The topological polar surface area (TPSA) is 148 Å². The lowest BCUT2D eigenvalue weighted by molar-refractivity contribution is -0.120. The van der Waals surface area contributed by atoms with Crippen molar-refractivity contribution < 1.29 is 19.1 Å². The van der Waals surface area contributed by atoms with E-state index in [4.69, 9.17) is 4.74 Å². The molecule has 2 amide bonds. The summed E-state index contributed by atoms with van der Waals surface area (Å²) < 4.78 is 7.55. The van der Waals surface area contributed by atoms with Crippen LogP contribution in [0.1, 0.15) is 53.3 Å². The molecule has 0 bridgehead atoms. The number of ketones is 1. The second kappa shape index (κ2) is 11.4. The number of hydrogen-bond acceptors (Lipinski definition) is 9. The summed E-state index contributed by atoms with van der Waals surface area (Å²) in [7, 11) is 0. The molecule has 0 radical (unpaired) electrons. The monoisotopic (exact) mass is 560 g/mol. The van der Waals surface area contributed by atoms with E-state index in [9.17, 15) is 19.2 Å². The van der Waals surface area contributed by atoms with Gasteiger partial charge in [-0.1, -0.05) is 13.8 Å². The predicted octanol–water partition coefficient (Wildman–Crippen LogP) is 2.19. The maximum atomic E-state index is 12.9. The van der Waals surface area contributed by atoms with Crippen molar-refractivity contribution in [2.24, 2.45) is 5.92 Å². The molecule has 3 rings (SSSR count). The number of rotatable bonds is 8. The molecule has 3 aromatic rings. The van der Waals surface area contributed by atoms with Crippen LogP contribution in [0.5, 0.6) is 0 Å². The molecule has 1 atom stereocenters. The summed E-state index contributed by atoms with van der Waals surface area (Å²) in [6.45, 7) is 12.3. The SMILES string of the molecule is CC(C)C(NC(=O)OC(C)(C)C)C(=O)Nc1ccc(/C=c2\s/c(=C/C(=O)C(C)(C)n3cncn3)[nH]c2=O)s1. The van der Waals surface area contributed by atoms with Crippen LogP contribution in [-0.2, 0) is 19.9 Å². The maximum Gasteiger partial charge on any atom is 0.408 e. The number of aromatic amines is 1. The van der Waals surface area contributed by atoms with Crippen LogP contribution in [-0.4, -0.2) is 49.2 Å². The van der Waals surface area contributed by atoms with Gasteiger partial charge in [0.15, 0.2) is 5.78 Å². The highest BCUT2D eigenvalue weighted by Gasteiger charge is 2.29. The number of hydrogen-bond donors (Lipinski definition) is 3. The van der Waals surface area contributed by atoms with Gasteiger partial charge in [0.25, 0.3) is 5.56 Å². The molecule has 3 aromatic heterocycles. The molecular weight excluding hydrogens is 528 g/mol. The number of thiophene rings is 1. The number of nitrogens with zero attached hydrogens (tertiary/aromatic N) is 3. The van der Waals surface area contributed by atoms with Gasteiger partial charge in [-0.2, -0.15) is 5.10 Å². The van der Waals surface area contributed by atoms with Crippen LogP contribution in [0.3, 0.4) is 0 Å². The third kappa shape index (κ3) is 7.48. The van der Waals surface area contributed by atoms with E-state index in [2.05, 4.69) is 25.7 Å². The molecule has 3 heterocycles. The highest BCUT2D eigenvalue weighted by Crippen LogP contribution is 2.23. The van der Waals surface area contributed by atoms with Gasteiger partial charge < -0.3 is 20.4 Å². The lowest BCUT2D eigenvalue weighted by Gasteiger charge is -2.25. The van der Waals surface area contributed by atoms with Gasteiger partial charge in [0.05, 0.1) is 14.2 Å². The molecular formula is C25H32N6O5S2. The van der Waals surface area contributed by atoms with Crippen LogP contribution in [0.2, 0.25) is 0 Å². The van der Waals surface area contributed by atoms with Crippen molar-refractivity contribution in [3.8, 4) is 0 Å². The van der Waals surface area contributed by atoms with E-state index in [0.29, 0.717) is 14.2 Å². The number of ether oxygens (including phenoxy) is 1. The highest BCUT2D eigenvalue weighted by molar-refractivity contribution is 7.17. The van der Waals surface area contributed by atoms with Crippen molar-refractivity contribution in [1.82, 2.24) is 25.1 Å². The largest absolute Gasteiger partial charge is 0.444 e. The summed E-state index contributed by atoms with van der Waals surface area (Å²) in [6.07, 6.45) is 5.22. The van der Waals surface area contributed by atoms with Gasteiger partial charge in [0, 0.05) is 11.0 Å². The number of alkyl carbamates (subject to hydrolysis) is 1. The minimum Gasteiger partial charge on any atom is -0.444 e. The molecule has 0 fully saturated rings. The quantitative estimate of drug-likeness (QED) is 0.382. The van der Waals surface area contributed by atoms with Gasteiger partial charge >= 0.3 is 6.09 Å². The highest BCUT2D eigenvalue weighted by atomic mass is 32.1. The van der Waals surface area contributed by atoms with E-state index in [-0.39, 0.29) is 23.2 Å². The molecule has 38 heavy (non-hydrogen) atoms. The first-order valence-corrected chi connectivity index (χ1v) is 13.5. The first-order valence-electron chi connectivity index (χ1n) is 11.9. The lowest BCUT2D eigenvalue weighted by atomic mass is 10.00. The number of carbonyl (C=O) groups is 3. The van der Waals surface area contributed by atoms with Crippen LogP contribution in [0.25, 0.3) is 12.2 Å². The fraction of sp³-hybridized carbons (Fsp3) is 0.440. The van der Waals surface area contributed by atoms with Crippen LogP contribution in [0.15, 0.2) is 29.6 Å². The zero-order chi connectivity index (χ0) is 28.3. The van der Waals surface area contributed by atoms with Crippen LogP contribution in [0.4, 0.5) is 9.80 Å². The Kier molecular flexibility index (Phi) is 8.72. The molecule has 3 N–H and O–H groups in total. The Morgan fingerprint density at radius 3 is 2.45 bits per heavy atom. The van der Waals surface area contributed by atoms with Crippen molar-refractivity contribution in [3.63, 3.8) is 0 Å². The van der Waals surface area contributed by atoms with Crippen molar-refractivity contribution in [3.05, 3.63) is 49.2 Å². The third-order valence-electron chi connectivity index (χ3n) is 5.31. The third-order valence-corrected chi connectivity index (χ3v) is 7.22. The van der Waals surface area contributed by atoms with Crippen molar-refractivity contribution in [1.29, 1.82) is 0 Å². The van der Waals surface area contributed by atoms with E-state index in [0.717, 1.165) is 16.2 Å². The van der Waals surface area contributed by atoms with Crippen LogP contribution >= 0.6 is 22.7 Å². The zero-order valence-electron chi connectivity index (χ0n) is 22.3. The summed E-state index contributed by atoms with van der Waals surface area (Å²) in [6, 6.07) is 2.70. The van der Waals surface area contributed by atoms with Crippen molar-refractivity contribution >= 4 is 57.6 Å². The molecule has 0 saturated carbocycles. The molecule has 11 nitrogen and oxygen atoms in total. The van der Waals surface area contributed by atoms with Gasteiger partial charge in [-0.15, -0.1) is 22.7 Å². The van der Waals surface area contributed by atoms with Crippen LogP contribution < -0.4 is 25.4 Å². The van der Waals surface area contributed by atoms with E-state index < -0.39 is 23.3 Å². The summed E-state index contributed by atoms with van der Waals surface area (Å²) in [4.78, 5) is 57.7. The van der Waals surface area contributed by atoms with Crippen LogP contribution in [0, 0.1) is 5.92 Å². The lowest BCUT2D eigenvalue weighted by Crippen LogP contribution is -2.48. The number of anilines is 1. The Morgan fingerprint density at radius 1 is 1.13 bits per heavy atom. The Hall–Kier alpha value is -3.58. The summed E-state index contributed by atoms with van der Waals surface area (Å²) in [5, 5.41) is 10.0. The summed E-state index contributed by atoms with van der Waals surface area (Å²) >= 11 is 2.43. The first-order chi connectivity index (χ1) is 17.7. The number of aromatic nitrogens is 4. The van der Waals surface area contributed by atoms with Gasteiger partial charge in [-0.05, 0) is 58.7 Å². The Labute approximate surface area is 227 Å². The van der Waals surface area contributed by atoms with E-state index in [1.54, 1.807) is 52.8 Å². The standard InChI is InChI=1S/C25H32N6O5S2/c1-14(2)20(30-23(35)36-24(3,4)5)22(34)28-18-9-8-15(37-18)10-16-21(33)29-19(38-16)11-17(32)25(6,7)31-13-26-12-27-31/h8-14,20H,1-7H3,(H,28,34)(H,29,33)(H,30,35)/b16-10-,19-11+. The van der Waals surface area contributed by atoms with Gasteiger partial charge in [0.2, 0.25) is 5.91 Å². The molecule has 0 aliphatic rings. The van der Waals surface area contributed by atoms with Crippen molar-refractivity contribution in [2.75, 3.05) is 5.32 Å². The van der Waals surface area contributed by atoms with Gasteiger partial charge in [0.1, 0.15) is 29.8 Å². The second-order valence-electron chi connectivity index (χ2n) is 10.4. The minimum absolute atomic E-state index is 0.176. The molecule has 0 aliphatic carbocycles. The molecule has 1 unspecified atom stereocenters. The molecule has 0 aliphatic heterocycles. The molecule has 0 saturated heterocycles. The van der Waals surface area contributed by atoms with Gasteiger partial charge in [-0.25, -0.2) is 14.5 Å².